The molecule has 0 saturated carbocycles. The molecule has 2 aromatic rings. The Kier molecular flexibility index (Phi) is 9.20. The summed E-state index contributed by atoms with van der Waals surface area (Å²) in [5, 5.41) is 10.6. The van der Waals surface area contributed by atoms with Crippen molar-refractivity contribution < 1.29 is 23.7 Å². The van der Waals surface area contributed by atoms with Crippen molar-refractivity contribution in [3.63, 3.8) is 0 Å². The van der Waals surface area contributed by atoms with Gasteiger partial charge in [-0.25, -0.2) is 0 Å². The van der Waals surface area contributed by atoms with Crippen molar-refractivity contribution in [3.05, 3.63) is 70.3 Å². The minimum Gasteiger partial charge on any atom is -0.459 e. The molecule has 1 aliphatic heterocycles. The second-order valence-corrected chi connectivity index (χ2v) is 14.0. The maximum atomic E-state index is 13.7. The maximum absolute atomic E-state index is 13.7. The number of likely N-dealkylation sites (tertiary alicyclic amines) is 1. The minimum absolute atomic E-state index is 0.0261. The summed E-state index contributed by atoms with van der Waals surface area (Å²) in [5.41, 5.74) is -0.346. The predicted octanol–water partition coefficient (Wildman–Crippen LogP) is 5.41. The van der Waals surface area contributed by atoms with Crippen LogP contribution >= 0.6 is 11.8 Å². The van der Waals surface area contributed by atoms with E-state index in [1.54, 1.807) is 28.8 Å². The highest BCUT2D eigenvalue weighted by Crippen LogP contribution is 2.53. The first-order valence-corrected chi connectivity index (χ1v) is 16.1. The van der Waals surface area contributed by atoms with Gasteiger partial charge in [0.1, 0.15) is 13.2 Å². The number of amides is 1. The molecule has 0 N–H and O–H groups in total. The number of ether oxygens (including phenoxy) is 1. The zero-order valence-electron chi connectivity index (χ0n) is 22.3. The van der Waals surface area contributed by atoms with Crippen LogP contribution in [0.3, 0.4) is 0 Å². The molecular formula is C27H36N2O6SSi. The average Bonchev–Trinajstić information content (AvgIpc) is 2.85. The fourth-order valence-electron chi connectivity index (χ4n) is 4.92. The van der Waals surface area contributed by atoms with Crippen LogP contribution in [0.2, 0.25) is 13.1 Å². The zero-order valence-corrected chi connectivity index (χ0v) is 24.3. The molecule has 0 spiro atoms. The summed E-state index contributed by atoms with van der Waals surface area (Å²) < 4.78 is 12.1. The molecule has 0 aromatic heterocycles. The molecule has 1 heterocycles. The number of β-lactam (4-membered cyclic amide) rings is 1. The highest BCUT2D eigenvalue weighted by Gasteiger charge is 2.62. The smallest absolute Gasteiger partial charge is 0.326 e. The van der Waals surface area contributed by atoms with Crippen molar-refractivity contribution in [2.75, 3.05) is 6.54 Å². The van der Waals surface area contributed by atoms with Crippen LogP contribution < -0.4 is 0 Å². The molecule has 8 nitrogen and oxygen atoms in total. The monoisotopic (exact) mass is 544 g/mol. The van der Waals surface area contributed by atoms with Crippen molar-refractivity contribution in [2.24, 2.45) is 11.3 Å². The van der Waals surface area contributed by atoms with Gasteiger partial charge in [-0.2, -0.15) is 0 Å². The molecule has 37 heavy (non-hydrogen) atoms. The van der Waals surface area contributed by atoms with Crippen molar-refractivity contribution in [1.29, 1.82) is 0 Å². The Labute approximate surface area is 224 Å². The third kappa shape index (κ3) is 6.42. The van der Waals surface area contributed by atoms with Gasteiger partial charge >= 0.3 is 5.97 Å². The molecule has 1 aliphatic rings. The highest BCUT2D eigenvalue weighted by atomic mass is 32.2. The molecule has 1 amide bonds. The van der Waals surface area contributed by atoms with Crippen LogP contribution in [-0.2, 0) is 25.4 Å². The van der Waals surface area contributed by atoms with Gasteiger partial charge in [0.2, 0.25) is 5.91 Å². The van der Waals surface area contributed by atoms with Gasteiger partial charge in [0.25, 0.3) is 5.69 Å². The van der Waals surface area contributed by atoms with E-state index in [0.717, 1.165) is 4.90 Å². The fourth-order valence-corrected chi connectivity index (χ4v) is 7.80. The van der Waals surface area contributed by atoms with Gasteiger partial charge in [-0.1, -0.05) is 45.9 Å². The first-order valence-electron chi connectivity index (χ1n) is 12.5. The number of hydrogen-bond donors (Lipinski definition) is 0. The minimum atomic E-state index is -1.51. The zero-order chi connectivity index (χ0) is 27.4. The summed E-state index contributed by atoms with van der Waals surface area (Å²) in [7, 11) is -1.51. The van der Waals surface area contributed by atoms with E-state index in [0.29, 0.717) is 12.0 Å². The topological polar surface area (TPSA) is 99.0 Å². The van der Waals surface area contributed by atoms with E-state index in [1.165, 1.54) is 12.1 Å². The van der Waals surface area contributed by atoms with Crippen LogP contribution in [0.1, 0.15) is 39.7 Å². The number of esters is 1. The van der Waals surface area contributed by atoms with Gasteiger partial charge in [-0.05, 0) is 54.8 Å². The molecule has 200 valence electrons. The summed E-state index contributed by atoms with van der Waals surface area (Å²) in [6, 6.07) is 15.7. The Morgan fingerprint density at radius 1 is 1.11 bits per heavy atom. The number of hydrogen-bond acceptors (Lipinski definition) is 7. The van der Waals surface area contributed by atoms with E-state index < -0.39 is 31.5 Å². The Hall–Kier alpha value is -2.69. The first kappa shape index (κ1) is 28.9. The van der Waals surface area contributed by atoms with Gasteiger partial charge < -0.3 is 14.1 Å². The Balaban J connectivity index is 1.80. The number of nitrogens with zero attached hydrogens (tertiary/aromatic N) is 2. The summed E-state index contributed by atoms with van der Waals surface area (Å²) >= 11 is 1.57. The summed E-state index contributed by atoms with van der Waals surface area (Å²) in [5.74, 6) is -1.03. The van der Waals surface area contributed by atoms with E-state index in [1.807, 2.05) is 30.3 Å². The fraction of sp³-hybridized carbons (Fsp3) is 0.481. The Bertz CT molecular complexity index is 1110. The number of rotatable bonds is 11. The number of carbonyl (C=O) groups is 2. The van der Waals surface area contributed by atoms with Gasteiger partial charge in [-0.15, -0.1) is 11.8 Å². The van der Waals surface area contributed by atoms with E-state index >= 15 is 0 Å². The van der Waals surface area contributed by atoms with Gasteiger partial charge in [0, 0.05) is 17.0 Å². The predicted molar refractivity (Wildman–Crippen MR) is 147 cm³/mol. The number of thioether (sulfide) groups is 1. The lowest BCUT2D eigenvalue weighted by Gasteiger charge is -2.59. The Morgan fingerprint density at radius 2 is 1.73 bits per heavy atom. The molecule has 0 bridgehead atoms. The van der Waals surface area contributed by atoms with Crippen molar-refractivity contribution in [3.8, 4) is 0 Å². The quantitative estimate of drug-likeness (QED) is 0.123. The number of carbonyl (C=O) groups excluding carboxylic acids is 2. The van der Waals surface area contributed by atoms with Crippen molar-refractivity contribution >= 4 is 38.4 Å². The van der Waals surface area contributed by atoms with Gasteiger partial charge in [-0.3, -0.25) is 19.7 Å². The lowest BCUT2D eigenvalue weighted by Crippen LogP contribution is -2.72. The Morgan fingerprint density at radius 3 is 2.24 bits per heavy atom. The molecule has 2 aromatic carbocycles. The molecule has 3 atom stereocenters. The second kappa shape index (κ2) is 11.8. The molecule has 1 fully saturated rings. The number of nitro groups is 1. The number of non-ortho nitro benzene ring substituents is 1. The van der Waals surface area contributed by atoms with Crippen molar-refractivity contribution in [1.82, 2.24) is 4.90 Å². The maximum Gasteiger partial charge on any atom is 0.326 e. The van der Waals surface area contributed by atoms with Crippen LogP contribution in [0, 0.1) is 21.4 Å². The van der Waals surface area contributed by atoms with E-state index in [2.05, 4.69) is 40.8 Å². The molecule has 0 radical (unpaired) electrons. The molecule has 10 heteroatoms. The molecule has 0 unspecified atom stereocenters. The number of benzene rings is 2. The normalized spacial score (nSPS) is 19.3. The third-order valence-electron chi connectivity index (χ3n) is 6.73. The molecule has 0 aliphatic carbocycles. The SMILES string of the molecule is CC[C@](O[SiH](C)C)([C@@H]1C(=O)N(CC(=O)OCc2ccc([N+](=O)[O-])cc2)[C@H]1Sc1ccccc1)C(C)(C)C. The molecular weight excluding hydrogens is 508 g/mol. The van der Waals surface area contributed by atoms with Crippen LogP contribution in [0.4, 0.5) is 5.69 Å². The van der Waals surface area contributed by atoms with Crippen LogP contribution in [-0.4, -0.2) is 48.3 Å². The van der Waals surface area contributed by atoms with E-state index in [9.17, 15) is 19.7 Å². The largest absolute Gasteiger partial charge is 0.459 e. The van der Waals surface area contributed by atoms with Gasteiger partial charge in [0.05, 0.1) is 21.8 Å². The average molecular weight is 545 g/mol. The standard InChI is InChI=1S/C27H36N2O6SSi/c1-7-27(26(2,3)4,35-37(5)6)23-24(31)28(25(23)36-21-11-9-8-10-12-21)17-22(30)34-18-19-13-15-20(16-14-19)29(32)33/h8-16,23,25,37H,7,17-18H2,1-6H3/t23-,25+,27+/m1/s1. The lowest BCUT2D eigenvalue weighted by atomic mass is 9.64. The number of nitro benzene ring substituents is 1. The molecule has 3 rings (SSSR count). The summed E-state index contributed by atoms with van der Waals surface area (Å²) in [6.07, 6.45) is 0.683. The highest BCUT2D eigenvalue weighted by molar-refractivity contribution is 8.00. The third-order valence-corrected chi connectivity index (χ3v) is 8.94. The summed E-state index contributed by atoms with van der Waals surface area (Å²) in [6.45, 7) is 12.5. The van der Waals surface area contributed by atoms with Crippen molar-refractivity contribution in [2.45, 2.75) is 69.7 Å². The van der Waals surface area contributed by atoms with E-state index in [4.69, 9.17) is 9.16 Å². The summed E-state index contributed by atoms with van der Waals surface area (Å²) in [4.78, 5) is 39.4. The first-order chi connectivity index (χ1) is 17.4. The van der Waals surface area contributed by atoms with Crippen LogP contribution in [0.25, 0.3) is 0 Å². The van der Waals surface area contributed by atoms with Crippen LogP contribution in [0.5, 0.6) is 0 Å². The molecule has 1 saturated heterocycles. The second-order valence-electron chi connectivity index (χ2n) is 10.5. The van der Waals surface area contributed by atoms with Gasteiger partial charge in [0.15, 0.2) is 9.04 Å². The van der Waals surface area contributed by atoms with Crippen LogP contribution in [0.15, 0.2) is 59.5 Å². The van der Waals surface area contributed by atoms with E-state index in [-0.39, 0.29) is 35.5 Å². The lowest BCUT2D eigenvalue weighted by molar-refractivity contribution is -0.384.